The van der Waals surface area contributed by atoms with E-state index in [0.717, 1.165) is 13.2 Å². The zero-order valence-corrected chi connectivity index (χ0v) is 9.05. The third-order valence-electron chi connectivity index (χ3n) is 2.12. The second-order valence-corrected chi connectivity index (χ2v) is 3.76. The summed E-state index contributed by atoms with van der Waals surface area (Å²) in [6.45, 7) is 12.5. The van der Waals surface area contributed by atoms with Crippen LogP contribution >= 0.6 is 0 Å². The molecule has 0 amide bonds. The third kappa shape index (κ3) is 5.56. The normalized spacial score (nSPS) is 16.5. The quantitative estimate of drug-likeness (QED) is 0.663. The van der Waals surface area contributed by atoms with Crippen LogP contribution in [0.5, 0.6) is 0 Å². The Kier molecular flexibility index (Phi) is 6.39. The van der Waals surface area contributed by atoms with Crippen LogP contribution in [-0.2, 0) is 4.74 Å². The Bertz CT molecular complexity index is 104. The predicted molar refractivity (Wildman–Crippen MR) is 53.4 cm³/mol. The fourth-order valence-corrected chi connectivity index (χ4v) is 0.984. The molecule has 0 aliphatic carbocycles. The molecule has 74 valence electrons. The van der Waals surface area contributed by atoms with E-state index in [9.17, 15) is 0 Å². The van der Waals surface area contributed by atoms with E-state index >= 15 is 0 Å². The maximum atomic E-state index is 5.31. The summed E-state index contributed by atoms with van der Waals surface area (Å²) < 4.78 is 5.31. The van der Waals surface area contributed by atoms with Crippen LogP contribution in [0.25, 0.3) is 0 Å². The van der Waals surface area contributed by atoms with Gasteiger partial charge in [0.05, 0.1) is 6.61 Å². The van der Waals surface area contributed by atoms with Gasteiger partial charge in [0.15, 0.2) is 0 Å². The van der Waals surface area contributed by atoms with E-state index in [1.165, 1.54) is 0 Å². The Morgan fingerprint density at radius 1 is 1.17 bits per heavy atom. The molecule has 12 heavy (non-hydrogen) atoms. The fourth-order valence-electron chi connectivity index (χ4n) is 0.984. The van der Waals surface area contributed by atoms with Crippen molar-refractivity contribution in [3.05, 3.63) is 0 Å². The lowest BCUT2D eigenvalue weighted by Gasteiger charge is -2.22. The highest BCUT2D eigenvalue weighted by atomic mass is 16.5. The van der Waals surface area contributed by atoms with Crippen LogP contribution in [0, 0.1) is 5.92 Å². The molecule has 0 aliphatic rings. The first-order valence-corrected chi connectivity index (χ1v) is 4.91. The molecule has 2 nitrogen and oxygen atoms in total. The highest BCUT2D eigenvalue weighted by Crippen LogP contribution is 2.01. The van der Waals surface area contributed by atoms with Gasteiger partial charge in [-0.2, -0.15) is 0 Å². The molecule has 0 aliphatic heterocycles. The second-order valence-electron chi connectivity index (χ2n) is 3.76. The van der Waals surface area contributed by atoms with Crippen LogP contribution in [0.1, 0.15) is 34.6 Å². The molecular formula is C10H23NO. The molecule has 0 fully saturated rings. The van der Waals surface area contributed by atoms with Gasteiger partial charge >= 0.3 is 0 Å². The van der Waals surface area contributed by atoms with Crippen LogP contribution in [0.4, 0.5) is 0 Å². The van der Waals surface area contributed by atoms with Gasteiger partial charge in [0.25, 0.3) is 0 Å². The maximum absolute atomic E-state index is 5.31. The van der Waals surface area contributed by atoms with Gasteiger partial charge in [0.2, 0.25) is 0 Å². The first kappa shape index (κ1) is 11.9. The molecule has 1 N–H and O–H groups in total. The van der Waals surface area contributed by atoms with Crippen LogP contribution in [0.15, 0.2) is 0 Å². The number of nitrogens with one attached hydrogen (secondary N) is 1. The van der Waals surface area contributed by atoms with Crippen molar-refractivity contribution in [2.24, 2.45) is 5.92 Å². The lowest BCUT2D eigenvalue weighted by atomic mass is 10.1. The number of hydrogen-bond acceptors (Lipinski definition) is 2. The summed E-state index contributed by atoms with van der Waals surface area (Å²) in [5, 5.41) is 3.49. The molecule has 0 spiro atoms. The van der Waals surface area contributed by atoms with Crippen LogP contribution in [0.2, 0.25) is 0 Å². The molecule has 0 aromatic rings. The lowest BCUT2D eigenvalue weighted by molar-refractivity contribution is 0.122. The third-order valence-corrected chi connectivity index (χ3v) is 2.12. The van der Waals surface area contributed by atoms with E-state index in [1.54, 1.807) is 0 Å². The summed E-state index contributed by atoms with van der Waals surface area (Å²) in [5.41, 5.74) is 0. The Balaban J connectivity index is 3.47. The van der Waals surface area contributed by atoms with E-state index in [-0.39, 0.29) is 0 Å². The fraction of sp³-hybridized carbons (Fsp3) is 1.00. The lowest BCUT2D eigenvalue weighted by Crippen LogP contribution is -2.40. The van der Waals surface area contributed by atoms with E-state index in [2.05, 4.69) is 33.0 Å². The molecule has 0 bridgehead atoms. The van der Waals surface area contributed by atoms with Crippen molar-refractivity contribution >= 4 is 0 Å². The van der Waals surface area contributed by atoms with Gasteiger partial charge in [-0.25, -0.2) is 0 Å². The Morgan fingerprint density at radius 3 is 2.17 bits per heavy atom. The molecule has 0 radical (unpaired) electrons. The first-order chi connectivity index (χ1) is 5.57. The zero-order chi connectivity index (χ0) is 9.56. The Hall–Kier alpha value is -0.0800. The summed E-state index contributed by atoms with van der Waals surface area (Å²) in [6, 6.07) is 1.03. The minimum absolute atomic E-state index is 0.461. The summed E-state index contributed by atoms with van der Waals surface area (Å²) in [5.74, 6) is 0.689. The number of ether oxygens (including phenoxy) is 1. The number of rotatable bonds is 6. The van der Waals surface area contributed by atoms with Crippen LogP contribution < -0.4 is 5.32 Å². The molecular weight excluding hydrogens is 150 g/mol. The van der Waals surface area contributed by atoms with Crippen LogP contribution in [-0.4, -0.2) is 25.3 Å². The summed E-state index contributed by atoms with van der Waals surface area (Å²) in [6.07, 6.45) is 0. The minimum Gasteiger partial charge on any atom is -0.380 e. The predicted octanol–water partition coefficient (Wildman–Crippen LogP) is 2.05. The van der Waals surface area contributed by atoms with E-state index in [4.69, 9.17) is 4.74 Å². The largest absolute Gasteiger partial charge is 0.380 e. The molecule has 2 heteroatoms. The van der Waals surface area contributed by atoms with Crippen molar-refractivity contribution in [3.8, 4) is 0 Å². The summed E-state index contributed by atoms with van der Waals surface area (Å²) in [4.78, 5) is 0. The Morgan fingerprint density at radius 2 is 1.75 bits per heavy atom. The van der Waals surface area contributed by atoms with Crippen molar-refractivity contribution in [1.82, 2.24) is 5.32 Å². The second kappa shape index (κ2) is 6.44. The van der Waals surface area contributed by atoms with E-state index < -0.39 is 0 Å². The van der Waals surface area contributed by atoms with Crippen molar-refractivity contribution < 1.29 is 4.74 Å². The van der Waals surface area contributed by atoms with Gasteiger partial charge in [-0.3, -0.25) is 0 Å². The summed E-state index contributed by atoms with van der Waals surface area (Å²) in [7, 11) is 0. The topological polar surface area (TPSA) is 21.3 Å². The Labute approximate surface area is 76.7 Å². The van der Waals surface area contributed by atoms with Gasteiger partial charge in [-0.15, -0.1) is 0 Å². The molecule has 0 saturated heterocycles. The van der Waals surface area contributed by atoms with Crippen molar-refractivity contribution in [3.63, 3.8) is 0 Å². The van der Waals surface area contributed by atoms with Gasteiger partial charge in [-0.05, 0) is 26.7 Å². The van der Waals surface area contributed by atoms with Gasteiger partial charge in [0, 0.05) is 18.7 Å². The highest BCUT2D eigenvalue weighted by Gasteiger charge is 2.09. The van der Waals surface area contributed by atoms with Gasteiger partial charge in [-0.1, -0.05) is 13.8 Å². The molecule has 0 aromatic heterocycles. The molecule has 0 heterocycles. The highest BCUT2D eigenvalue weighted by molar-refractivity contribution is 4.69. The first-order valence-electron chi connectivity index (χ1n) is 4.91. The van der Waals surface area contributed by atoms with Crippen LogP contribution in [0.3, 0.4) is 0 Å². The van der Waals surface area contributed by atoms with Crippen molar-refractivity contribution in [2.45, 2.75) is 46.7 Å². The summed E-state index contributed by atoms with van der Waals surface area (Å²) >= 11 is 0. The van der Waals surface area contributed by atoms with Gasteiger partial charge in [0.1, 0.15) is 0 Å². The van der Waals surface area contributed by atoms with Crippen molar-refractivity contribution in [1.29, 1.82) is 0 Å². The minimum atomic E-state index is 0.461. The van der Waals surface area contributed by atoms with Crippen molar-refractivity contribution in [2.75, 3.05) is 13.2 Å². The molecule has 2 atom stereocenters. The molecule has 0 rings (SSSR count). The average molecular weight is 173 g/mol. The number of hydrogen-bond donors (Lipinski definition) is 1. The smallest absolute Gasteiger partial charge is 0.0616 e. The monoisotopic (exact) mass is 173 g/mol. The zero-order valence-electron chi connectivity index (χ0n) is 9.05. The van der Waals surface area contributed by atoms with Gasteiger partial charge < -0.3 is 10.1 Å². The molecule has 0 saturated carbocycles. The van der Waals surface area contributed by atoms with E-state index in [1.807, 2.05) is 6.92 Å². The average Bonchev–Trinajstić information content (AvgIpc) is 2.00. The maximum Gasteiger partial charge on any atom is 0.0616 e. The standard InChI is InChI=1S/C10H23NO/c1-6-12-7-9(4)11-10(5)8(2)3/h8-11H,6-7H2,1-5H3. The van der Waals surface area contributed by atoms with E-state index in [0.29, 0.717) is 18.0 Å². The molecule has 2 unspecified atom stereocenters. The SMILES string of the molecule is CCOCC(C)NC(C)C(C)C. The molecule has 0 aromatic carbocycles.